The molecule has 0 aromatic heterocycles. The molecule has 146 heavy (non-hydrogen) atoms. The number of carbonyl (C=O) groups is 1. The molecule has 0 aliphatic heterocycles. The maximum atomic E-state index is 11.9. The van der Waals surface area contributed by atoms with Gasteiger partial charge in [-0.05, 0) is 254 Å². The van der Waals surface area contributed by atoms with Crippen LogP contribution in [0.2, 0.25) is 0 Å². The average molecular weight is 2120 g/mol. The van der Waals surface area contributed by atoms with Gasteiger partial charge in [-0.25, -0.2) is 0 Å². The van der Waals surface area contributed by atoms with E-state index in [1.54, 1.807) is 6.92 Å². The minimum absolute atomic E-state index is 0.00419. The summed E-state index contributed by atoms with van der Waals surface area (Å²) < 4.78 is 204. The van der Waals surface area contributed by atoms with Crippen molar-refractivity contribution in [2.24, 2.45) is 11.7 Å². The summed E-state index contributed by atoms with van der Waals surface area (Å²) in [5.41, 5.74) is 6.34. The van der Waals surface area contributed by atoms with Gasteiger partial charge in [0.05, 0.1) is 426 Å². The molecule has 0 saturated carbocycles. The first-order chi connectivity index (χ1) is 68.9. The van der Waals surface area contributed by atoms with Crippen molar-refractivity contribution in [3.05, 3.63) is 12.2 Å². The molecule has 0 aromatic rings. The first-order valence-electron chi connectivity index (χ1n) is 54.8. The number of Topliss-reactive ketones (excluding diaryl/α,β-unsaturated/α-hetero) is 1. The smallest absolute Gasteiger partial charge is 0.158 e. The van der Waals surface area contributed by atoms with Crippen molar-refractivity contribution in [2.45, 2.75) is 463 Å². The molecule has 0 radical (unpaired) electrons. The highest BCUT2D eigenvalue weighted by molar-refractivity contribution is 5.94. The van der Waals surface area contributed by atoms with Crippen LogP contribution in [0.3, 0.4) is 0 Å². The fourth-order valence-corrected chi connectivity index (χ4v) is 12.5. The van der Waals surface area contributed by atoms with Crippen molar-refractivity contribution in [3.8, 4) is 0 Å². The van der Waals surface area contributed by atoms with Crippen LogP contribution in [0, 0.1) is 5.92 Å². The molecule has 35 unspecified atom stereocenters. The second-order valence-electron chi connectivity index (χ2n) is 41.8. The van der Waals surface area contributed by atoms with E-state index in [4.69, 9.17) is 167 Å². The molecule has 0 aliphatic carbocycles. The van der Waals surface area contributed by atoms with Crippen molar-refractivity contribution in [2.75, 3.05) is 231 Å². The van der Waals surface area contributed by atoms with Crippen molar-refractivity contribution < 1.29 is 166 Å². The number of nitrogens with two attached hydrogens (primary N) is 1. The Labute approximate surface area is 885 Å². The Morgan fingerprint density at radius 3 is 0.315 bits per heavy atom. The summed E-state index contributed by atoms with van der Waals surface area (Å²) in [6, 6.07) is -0.00419. The quantitative estimate of drug-likeness (QED) is 0.0553. The zero-order chi connectivity index (χ0) is 110. The predicted octanol–water partition coefficient (Wildman–Crippen LogP) is 14.9. The highest BCUT2D eigenvalue weighted by Gasteiger charge is 2.26. The van der Waals surface area contributed by atoms with Crippen LogP contribution in [0.25, 0.3) is 0 Å². The summed E-state index contributed by atoms with van der Waals surface area (Å²) in [6.45, 7) is 89.9. The lowest BCUT2D eigenvalue weighted by atomic mass is 10.0. The van der Waals surface area contributed by atoms with Gasteiger partial charge in [0.15, 0.2) is 5.78 Å². The van der Waals surface area contributed by atoms with Crippen LogP contribution in [0.5, 0.6) is 0 Å². The molecule has 0 aromatic carbocycles. The maximum Gasteiger partial charge on any atom is 0.158 e. The molecular formula is C110H219NO35. The third kappa shape index (κ3) is 90.1. The Morgan fingerprint density at radius 1 is 0.151 bits per heavy atom. The molecule has 0 heterocycles. The largest absolute Gasteiger partial charge is 0.378 e. The second kappa shape index (κ2) is 90.0. The van der Waals surface area contributed by atoms with E-state index in [1.165, 1.54) is 0 Å². The molecule has 35 atom stereocenters. The maximum absolute atomic E-state index is 11.9. The molecule has 0 fully saturated rings. The van der Waals surface area contributed by atoms with Gasteiger partial charge in [0.25, 0.3) is 0 Å². The Kier molecular flexibility index (Phi) is 88.8. The summed E-state index contributed by atoms with van der Waals surface area (Å²) in [7, 11) is 0. The first kappa shape index (κ1) is 144. The third-order valence-corrected chi connectivity index (χ3v) is 22.1. The Bertz CT molecular complexity index is 2750. The van der Waals surface area contributed by atoms with Crippen molar-refractivity contribution in [1.29, 1.82) is 0 Å². The van der Waals surface area contributed by atoms with Gasteiger partial charge in [0, 0.05) is 19.1 Å². The zero-order valence-corrected chi connectivity index (χ0v) is 98.2. The van der Waals surface area contributed by atoms with Crippen LogP contribution in [0.15, 0.2) is 12.2 Å². The van der Waals surface area contributed by atoms with Gasteiger partial charge < -0.3 is 167 Å². The zero-order valence-electron chi connectivity index (χ0n) is 98.2. The fourth-order valence-electron chi connectivity index (χ4n) is 12.5. The van der Waals surface area contributed by atoms with Gasteiger partial charge >= 0.3 is 0 Å². The summed E-state index contributed by atoms with van der Waals surface area (Å²) in [6.07, 6.45) is -3.65. The van der Waals surface area contributed by atoms with Gasteiger partial charge in [-0.1, -0.05) is 13.5 Å². The van der Waals surface area contributed by atoms with Gasteiger partial charge in [-0.3, -0.25) is 4.79 Å². The molecule has 36 heteroatoms. The minimum atomic E-state index is -0.141. The normalized spacial score (nSPS) is 19.7. The van der Waals surface area contributed by atoms with Crippen molar-refractivity contribution in [1.82, 2.24) is 0 Å². The van der Waals surface area contributed by atoms with E-state index in [1.807, 2.05) is 242 Å². The Hall–Kier alpha value is -1.99. The number of hydrogen-bond acceptors (Lipinski definition) is 36. The molecule has 36 nitrogen and oxygen atoms in total. The minimum Gasteiger partial charge on any atom is -0.378 e. The predicted molar refractivity (Wildman–Crippen MR) is 567 cm³/mol. The highest BCUT2D eigenvalue weighted by Crippen LogP contribution is 2.17. The van der Waals surface area contributed by atoms with Crippen LogP contribution in [-0.2, 0) is 166 Å². The number of carbonyl (C=O) groups excluding carboxylic acids is 1. The van der Waals surface area contributed by atoms with Crippen LogP contribution < -0.4 is 5.73 Å². The summed E-state index contributed by atoms with van der Waals surface area (Å²) in [5, 5.41) is 0. The van der Waals surface area contributed by atoms with Gasteiger partial charge in [-0.15, -0.1) is 0 Å². The lowest BCUT2D eigenvalue weighted by Crippen LogP contribution is -2.31. The lowest BCUT2D eigenvalue weighted by Gasteiger charge is -2.24. The number of ether oxygens (including phenoxy) is 34. The second-order valence-corrected chi connectivity index (χ2v) is 41.8. The van der Waals surface area contributed by atoms with Crippen LogP contribution in [0.1, 0.15) is 256 Å². The summed E-state index contributed by atoms with van der Waals surface area (Å²) in [5.74, 6) is 0.194. The third-order valence-electron chi connectivity index (χ3n) is 22.1. The molecule has 0 rings (SSSR count). The van der Waals surface area contributed by atoms with Crippen LogP contribution in [-0.4, -0.2) is 444 Å². The van der Waals surface area contributed by atoms with E-state index in [-0.39, 0.29) is 219 Å². The fraction of sp³-hybridized carbons (Fsp3) is 0.973. The van der Waals surface area contributed by atoms with E-state index in [2.05, 4.69) is 6.58 Å². The number of ketones is 1. The Balaban J connectivity index is 4.10. The van der Waals surface area contributed by atoms with Crippen molar-refractivity contribution >= 4 is 5.78 Å². The molecule has 0 spiro atoms. The Morgan fingerprint density at radius 2 is 0.233 bits per heavy atom. The topological polar surface area (TPSA) is 357 Å². The van der Waals surface area contributed by atoms with Gasteiger partial charge in [-0.2, -0.15) is 0 Å². The molecule has 0 amide bonds. The molecule has 874 valence electrons. The van der Waals surface area contributed by atoms with Gasteiger partial charge in [0.2, 0.25) is 0 Å². The number of rotatable bonds is 106. The van der Waals surface area contributed by atoms with E-state index >= 15 is 0 Å². The monoisotopic (exact) mass is 2110 g/mol. The lowest BCUT2D eigenvalue weighted by molar-refractivity contribution is -0.118. The number of allylic oxidation sites excluding steroid dienone is 1. The molecule has 0 bridgehead atoms. The van der Waals surface area contributed by atoms with Crippen LogP contribution >= 0.6 is 0 Å². The van der Waals surface area contributed by atoms with E-state index < -0.39 is 0 Å². The highest BCUT2D eigenvalue weighted by atomic mass is 16.7. The number of hydrogen-bond donors (Lipinski definition) is 1. The van der Waals surface area contributed by atoms with Gasteiger partial charge in [0.1, 0.15) is 0 Å². The van der Waals surface area contributed by atoms with E-state index in [0.29, 0.717) is 243 Å². The van der Waals surface area contributed by atoms with E-state index in [9.17, 15) is 4.79 Å². The molecule has 0 saturated heterocycles. The standard InChI is InChI=1S/C110H219NO35/c1-74(2)110(112)38-75(3)39-113-41-77(5)115-43-79(7)117-45-81(9)119-47-83(11)121-49-85(13)123-51-87(15)125-53-89(17)127-55-91(19)129-57-93(21)131-59-95(23)133-61-97(25)135-63-99(27)137-65-101(29)139-67-103(31)141-69-105(33)143-71-107(35)145-73-109(37)146-72-108(36)144-70-106(34)142-68-104(32)140-66-102(30)138-64-100(28)136-62-98(26)134-60-96(24)132-58-94(22)130-56-92(20)128-54-90(18)126-52-88(16)124-50-86(14)122-48-84(12)120-46-82(10)118-44-80(8)116-42-78(6)114-40-76(4)111/h75-109H,1,38-73,111H2,2-37H3. The summed E-state index contributed by atoms with van der Waals surface area (Å²) >= 11 is 0. The first-order valence-corrected chi connectivity index (χ1v) is 54.8. The summed E-state index contributed by atoms with van der Waals surface area (Å²) in [4.78, 5) is 11.9. The van der Waals surface area contributed by atoms with Crippen molar-refractivity contribution in [3.63, 3.8) is 0 Å². The molecule has 2 N–H and O–H groups in total. The SMILES string of the molecule is C=C(C)C(=O)CC(C)COCC(C)OCC(C)OCC(C)OCC(C)OCC(C)OCC(C)OCC(C)OCC(C)OCC(C)OCC(C)OCC(C)OCC(C)OCC(C)OCC(C)OCC(C)OCC(C)OCC(C)OCC(C)OCC(C)OCC(C)OCC(C)OCC(C)OCC(C)OCC(C)OCC(C)OCC(C)OCC(C)OCC(C)OCC(C)OCC(C)OCC(C)OCC(C)OCC(C)OCC(C)N. The average Bonchev–Trinajstić information content (AvgIpc) is 0.978. The molecular weight excluding hydrogens is 1900 g/mol. The van der Waals surface area contributed by atoms with Crippen LogP contribution in [0.4, 0.5) is 0 Å². The van der Waals surface area contributed by atoms with E-state index in [0.717, 1.165) is 0 Å². The molecule has 0 aliphatic rings.